The van der Waals surface area contributed by atoms with Crippen molar-refractivity contribution in [2.24, 2.45) is 5.73 Å². The predicted molar refractivity (Wildman–Crippen MR) is 48.6 cm³/mol. The highest BCUT2D eigenvalue weighted by Gasteiger charge is 2.04. The van der Waals surface area contributed by atoms with E-state index in [4.69, 9.17) is 5.73 Å². The summed E-state index contributed by atoms with van der Waals surface area (Å²) in [5, 5.41) is 0. The van der Waals surface area contributed by atoms with E-state index in [1.165, 1.54) is 6.07 Å². The highest BCUT2D eigenvalue weighted by Crippen LogP contribution is 2.16. The van der Waals surface area contributed by atoms with E-state index in [0.717, 1.165) is 5.56 Å². The molecule has 0 saturated heterocycles. The van der Waals surface area contributed by atoms with Crippen LogP contribution in [0, 0.1) is 12.7 Å². The molecule has 0 fully saturated rings. The summed E-state index contributed by atoms with van der Waals surface area (Å²) in [5.41, 5.74) is 7.29. The molecule has 0 bridgehead atoms. The number of hydrogen-bond donors (Lipinski definition) is 1. The summed E-state index contributed by atoms with van der Waals surface area (Å²) in [6, 6.07) is 5.14. The summed E-state index contributed by atoms with van der Waals surface area (Å²) in [4.78, 5) is 0. The summed E-state index contributed by atoms with van der Waals surface area (Å²) in [6.07, 6.45) is 0. The summed E-state index contributed by atoms with van der Waals surface area (Å²) in [5.74, 6) is 0.160. The standard InChI is InChI=1S/C10H14FN/c1-7-5-9(8(2)6-12)3-4-10(7)11/h3-5,8H,6,12H2,1-2H3. The molecule has 0 aliphatic heterocycles. The number of rotatable bonds is 2. The van der Waals surface area contributed by atoms with Gasteiger partial charge in [-0.25, -0.2) is 4.39 Å². The zero-order chi connectivity index (χ0) is 9.14. The first kappa shape index (κ1) is 9.20. The van der Waals surface area contributed by atoms with Crippen molar-refractivity contribution >= 4 is 0 Å². The van der Waals surface area contributed by atoms with Gasteiger partial charge < -0.3 is 5.73 Å². The van der Waals surface area contributed by atoms with E-state index in [9.17, 15) is 4.39 Å². The van der Waals surface area contributed by atoms with Gasteiger partial charge in [-0.15, -0.1) is 0 Å². The Morgan fingerprint density at radius 1 is 1.50 bits per heavy atom. The van der Waals surface area contributed by atoms with E-state index in [0.29, 0.717) is 18.0 Å². The van der Waals surface area contributed by atoms with Crippen molar-refractivity contribution in [1.82, 2.24) is 0 Å². The first-order valence-electron chi connectivity index (χ1n) is 4.11. The Balaban J connectivity index is 2.96. The molecule has 2 heteroatoms. The second kappa shape index (κ2) is 3.68. The third kappa shape index (κ3) is 1.83. The Morgan fingerprint density at radius 3 is 2.67 bits per heavy atom. The van der Waals surface area contributed by atoms with Gasteiger partial charge in [-0.1, -0.05) is 19.1 Å². The lowest BCUT2D eigenvalue weighted by molar-refractivity contribution is 0.616. The molecule has 1 nitrogen and oxygen atoms in total. The van der Waals surface area contributed by atoms with Crippen LogP contribution >= 0.6 is 0 Å². The van der Waals surface area contributed by atoms with Gasteiger partial charge >= 0.3 is 0 Å². The molecule has 0 amide bonds. The van der Waals surface area contributed by atoms with Crippen LogP contribution in [0.1, 0.15) is 24.0 Å². The average Bonchev–Trinajstić information content (AvgIpc) is 2.08. The van der Waals surface area contributed by atoms with Crippen molar-refractivity contribution in [3.63, 3.8) is 0 Å². The number of hydrogen-bond acceptors (Lipinski definition) is 1. The maximum atomic E-state index is 12.8. The molecule has 0 aliphatic carbocycles. The van der Waals surface area contributed by atoms with Crippen LogP contribution in [0.2, 0.25) is 0 Å². The minimum absolute atomic E-state index is 0.150. The van der Waals surface area contributed by atoms with E-state index >= 15 is 0 Å². The lowest BCUT2D eigenvalue weighted by Gasteiger charge is -2.09. The third-order valence-electron chi connectivity index (χ3n) is 2.10. The first-order chi connectivity index (χ1) is 5.65. The molecule has 0 spiro atoms. The minimum Gasteiger partial charge on any atom is -0.330 e. The quantitative estimate of drug-likeness (QED) is 0.718. The fourth-order valence-corrected chi connectivity index (χ4v) is 1.11. The molecule has 0 aliphatic rings. The molecule has 0 heterocycles. The number of aryl methyl sites for hydroxylation is 1. The van der Waals surface area contributed by atoms with Gasteiger partial charge in [-0.2, -0.15) is 0 Å². The van der Waals surface area contributed by atoms with Crippen molar-refractivity contribution in [1.29, 1.82) is 0 Å². The molecule has 0 radical (unpaired) electrons. The molecular weight excluding hydrogens is 153 g/mol. The van der Waals surface area contributed by atoms with Gasteiger partial charge in [-0.05, 0) is 36.6 Å². The fourth-order valence-electron chi connectivity index (χ4n) is 1.11. The summed E-state index contributed by atoms with van der Waals surface area (Å²) in [7, 11) is 0. The molecule has 1 unspecified atom stereocenters. The van der Waals surface area contributed by atoms with Crippen molar-refractivity contribution in [2.75, 3.05) is 6.54 Å². The average molecular weight is 167 g/mol. The molecule has 0 aromatic heterocycles. The van der Waals surface area contributed by atoms with Crippen molar-refractivity contribution in [3.05, 3.63) is 35.1 Å². The first-order valence-corrected chi connectivity index (χ1v) is 4.11. The smallest absolute Gasteiger partial charge is 0.126 e. The van der Waals surface area contributed by atoms with Crippen LogP contribution in [-0.4, -0.2) is 6.54 Å². The van der Waals surface area contributed by atoms with E-state index in [2.05, 4.69) is 0 Å². The fraction of sp³-hybridized carbons (Fsp3) is 0.400. The van der Waals surface area contributed by atoms with Crippen LogP contribution in [0.5, 0.6) is 0 Å². The lowest BCUT2D eigenvalue weighted by atomic mass is 9.99. The van der Waals surface area contributed by atoms with Gasteiger partial charge in [0.2, 0.25) is 0 Å². The van der Waals surface area contributed by atoms with Crippen molar-refractivity contribution in [3.8, 4) is 0 Å². The van der Waals surface area contributed by atoms with E-state index in [-0.39, 0.29) is 5.82 Å². The summed E-state index contributed by atoms with van der Waals surface area (Å²) >= 11 is 0. The van der Waals surface area contributed by atoms with Crippen LogP contribution in [0.25, 0.3) is 0 Å². The molecular formula is C10H14FN. The number of halogens is 1. The number of nitrogens with two attached hydrogens (primary N) is 1. The normalized spacial score (nSPS) is 13.0. The van der Waals surface area contributed by atoms with Crippen LogP contribution < -0.4 is 5.73 Å². The minimum atomic E-state index is -0.150. The van der Waals surface area contributed by atoms with Crippen LogP contribution in [0.15, 0.2) is 18.2 Å². The Hall–Kier alpha value is -0.890. The Labute approximate surface area is 72.4 Å². The molecule has 2 N–H and O–H groups in total. The molecule has 1 rings (SSSR count). The highest BCUT2D eigenvalue weighted by atomic mass is 19.1. The maximum absolute atomic E-state index is 12.8. The van der Waals surface area contributed by atoms with E-state index < -0.39 is 0 Å². The Kier molecular flexibility index (Phi) is 2.82. The van der Waals surface area contributed by atoms with Gasteiger partial charge in [0.25, 0.3) is 0 Å². The van der Waals surface area contributed by atoms with Gasteiger partial charge in [0.1, 0.15) is 5.82 Å². The second-order valence-corrected chi connectivity index (χ2v) is 3.15. The summed E-state index contributed by atoms with van der Waals surface area (Å²) in [6.45, 7) is 4.40. The third-order valence-corrected chi connectivity index (χ3v) is 2.10. The van der Waals surface area contributed by atoms with E-state index in [1.807, 2.05) is 13.0 Å². The maximum Gasteiger partial charge on any atom is 0.126 e. The van der Waals surface area contributed by atoms with Crippen LogP contribution in [-0.2, 0) is 0 Å². The lowest BCUT2D eigenvalue weighted by Crippen LogP contribution is -2.09. The van der Waals surface area contributed by atoms with Gasteiger partial charge in [-0.3, -0.25) is 0 Å². The topological polar surface area (TPSA) is 26.0 Å². The van der Waals surface area contributed by atoms with Gasteiger partial charge in [0, 0.05) is 0 Å². The zero-order valence-electron chi connectivity index (χ0n) is 7.47. The number of benzene rings is 1. The molecule has 1 aromatic rings. The predicted octanol–water partition coefficient (Wildman–Crippen LogP) is 2.20. The largest absolute Gasteiger partial charge is 0.330 e. The second-order valence-electron chi connectivity index (χ2n) is 3.15. The highest BCUT2D eigenvalue weighted by molar-refractivity contribution is 5.26. The summed E-state index contributed by atoms with van der Waals surface area (Å²) < 4.78 is 12.8. The van der Waals surface area contributed by atoms with Crippen LogP contribution in [0.4, 0.5) is 4.39 Å². The van der Waals surface area contributed by atoms with Crippen molar-refractivity contribution < 1.29 is 4.39 Å². The molecule has 1 aromatic carbocycles. The van der Waals surface area contributed by atoms with Gasteiger partial charge in [0.15, 0.2) is 0 Å². The molecule has 66 valence electrons. The van der Waals surface area contributed by atoms with Crippen LogP contribution in [0.3, 0.4) is 0 Å². The molecule has 12 heavy (non-hydrogen) atoms. The van der Waals surface area contributed by atoms with E-state index in [1.54, 1.807) is 13.0 Å². The zero-order valence-corrected chi connectivity index (χ0v) is 7.47. The Morgan fingerprint density at radius 2 is 2.17 bits per heavy atom. The monoisotopic (exact) mass is 167 g/mol. The molecule has 0 saturated carbocycles. The molecule has 1 atom stereocenters. The Bertz CT molecular complexity index is 271. The van der Waals surface area contributed by atoms with Gasteiger partial charge in [0.05, 0.1) is 0 Å². The SMILES string of the molecule is Cc1cc(C(C)CN)ccc1F. The van der Waals surface area contributed by atoms with Crippen molar-refractivity contribution in [2.45, 2.75) is 19.8 Å².